The Balaban J connectivity index is 1.62. The van der Waals surface area contributed by atoms with Crippen LogP contribution in [0, 0.1) is 6.92 Å². The Bertz CT molecular complexity index is 1080. The molecule has 0 unspecified atom stereocenters. The number of nitrogens with zero attached hydrogens (tertiary/aromatic N) is 3. The molecule has 0 spiro atoms. The van der Waals surface area contributed by atoms with Crippen LogP contribution in [-0.2, 0) is 6.54 Å². The Morgan fingerprint density at radius 1 is 1.15 bits per heavy atom. The highest BCUT2D eigenvalue weighted by atomic mass is 35.5. The molecule has 176 valence electrons. The Hall–Kier alpha value is -3.03. The SMILES string of the molecule is CCN(CC)CCOc1ccc(CNC(=O)c2cnn(-c3cccc(Cl)c3)c2C)cc1OC. The Labute approximate surface area is 200 Å². The van der Waals surface area contributed by atoms with Crippen LogP contribution in [0.2, 0.25) is 5.02 Å². The molecule has 0 aliphatic carbocycles. The highest BCUT2D eigenvalue weighted by Gasteiger charge is 2.16. The first-order chi connectivity index (χ1) is 16.0. The van der Waals surface area contributed by atoms with E-state index >= 15 is 0 Å². The molecule has 8 heteroatoms. The van der Waals surface area contributed by atoms with E-state index in [1.54, 1.807) is 30.1 Å². The van der Waals surface area contributed by atoms with Crippen molar-refractivity contribution in [3.8, 4) is 17.2 Å². The first kappa shape index (κ1) is 24.6. The number of amides is 1. The van der Waals surface area contributed by atoms with Gasteiger partial charge in [0.15, 0.2) is 11.5 Å². The molecule has 0 aliphatic rings. The first-order valence-electron chi connectivity index (χ1n) is 11.1. The molecule has 3 aromatic rings. The van der Waals surface area contributed by atoms with Crippen molar-refractivity contribution in [2.75, 3.05) is 33.4 Å². The molecule has 0 fully saturated rings. The number of benzene rings is 2. The van der Waals surface area contributed by atoms with Gasteiger partial charge in [0, 0.05) is 18.1 Å². The second-order valence-electron chi connectivity index (χ2n) is 7.58. The molecule has 0 bridgehead atoms. The average Bonchev–Trinajstić information content (AvgIpc) is 3.22. The number of likely N-dealkylation sites (N-methyl/N-ethyl adjacent to an activating group) is 1. The van der Waals surface area contributed by atoms with Crippen molar-refractivity contribution >= 4 is 17.5 Å². The van der Waals surface area contributed by atoms with Crippen molar-refractivity contribution < 1.29 is 14.3 Å². The number of carbonyl (C=O) groups is 1. The summed E-state index contributed by atoms with van der Waals surface area (Å²) in [6.45, 7) is 9.92. The van der Waals surface area contributed by atoms with E-state index in [0.29, 0.717) is 35.2 Å². The van der Waals surface area contributed by atoms with Gasteiger partial charge in [-0.1, -0.05) is 37.6 Å². The summed E-state index contributed by atoms with van der Waals surface area (Å²) in [5.41, 5.74) is 2.97. The summed E-state index contributed by atoms with van der Waals surface area (Å²) in [5, 5.41) is 7.92. The monoisotopic (exact) mass is 470 g/mol. The number of rotatable bonds is 11. The molecule has 0 saturated carbocycles. The van der Waals surface area contributed by atoms with Crippen molar-refractivity contribution in [2.45, 2.75) is 27.3 Å². The number of hydrogen-bond acceptors (Lipinski definition) is 5. The van der Waals surface area contributed by atoms with E-state index in [4.69, 9.17) is 21.1 Å². The minimum Gasteiger partial charge on any atom is -0.493 e. The fraction of sp³-hybridized carbons (Fsp3) is 0.360. The molecule has 7 nitrogen and oxygen atoms in total. The maximum absolute atomic E-state index is 12.8. The Morgan fingerprint density at radius 3 is 2.64 bits per heavy atom. The topological polar surface area (TPSA) is 68.6 Å². The van der Waals surface area contributed by atoms with Gasteiger partial charge in [-0.3, -0.25) is 4.79 Å². The normalized spacial score (nSPS) is 11.0. The van der Waals surface area contributed by atoms with Gasteiger partial charge in [-0.15, -0.1) is 0 Å². The lowest BCUT2D eigenvalue weighted by atomic mass is 10.2. The van der Waals surface area contributed by atoms with E-state index < -0.39 is 0 Å². The molecule has 1 heterocycles. The molecular formula is C25H31ClN4O3. The average molecular weight is 471 g/mol. The van der Waals surface area contributed by atoms with Crippen molar-refractivity contribution in [1.29, 1.82) is 0 Å². The largest absolute Gasteiger partial charge is 0.493 e. The van der Waals surface area contributed by atoms with Crippen LogP contribution in [-0.4, -0.2) is 53.9 Å². The maximum Gasteiger partial charge on any atom is 0.255 e. The third-order valence-corrected chi connectivity index (χ3v) is 5.78. The Morgan fingerprint density at radius 2 is 1.94 bits per heavy atom. The highest BCUT2D eigenvalue weighted by molar-refractivity contribution is 6.30. The number of carbonyl (C=O) groups excluding carboxylic acids is 1. The van der Waals surface area contributed by atoms with E-state index in [1.807, 2.05) is 37.3 Å². The van der Waals surface area contributed by atoms with Gasteiger partial charge in [-0.05, 0) is 55.9 Å². The Kier molecular flexibility index (Phi) is 8.74. The van der Waals surface area contributed by atoms with Crippen LogP contribution in [0.25, 0.3) is 5.69 Å². The van der Waals surface area contributed by atoms with E-state index in [2.05, 4.69) is 29.2 Å². The minimum atomic E-state index is -0.195. The summed E-state index contributed by atoms with van der Waals surface area (Å²) in [7, 11) is 1.61. The number of halogens is 1. The quantitative estimate of drug-likeness (QED) is 0.447. The van der Waals surface area contributed by atoms with Gasteiger partial charge in [0.1, 0.15) is 6.61 Å². The van der Waals surface area contributed by atoms with Crippen molar-refractivity contribution in [3.63, 3.8) is 0 Å². The summed E-state index contributed by atoms with van der Waals surface area (Å²) < 4.78 is 13.1. The number of ether oxygens (including phenoxy) is 2. The molecule has 1 amide bonds. The summed E-state index contributed by atoms with van der Waals surface area (Å²) in [5.74, 6) is 1.14. The summed E-state index contributed by atoms with van der Waals surface area (Å²) in [4.78, 5) is 15.1. The molecule has 3 rings (SSSR count). The zero-order chi connectivity index (χ0) is 23.8. The van der Waals surface area contributed by atoms with Crippen molar-refractivity contribution in [1.82, 2.24) is 20.0 Å². The van der Waals surface area contributed by atoms with Crippen molar-refractivity contribution in [2.24, 2.45) is 0 Å². The number of nitrogens with one attached hydrogen (secondary N) is 1. The summed E-state index contributed by atoms with van der Waals surface area (Å²) >= 11 is 6.08. The van der Waals surface area contributed by atoms with Crippen LogP contribution in [0.5, 0.6) is 11.5 Å². The van der Waals surface area contributed by atoms with E-state index in [9.17, 15) is 4.79 Å². The van der Waals surface area contributed by atoms with Gasteiger partial charge in [0.25, 0.3) is 5.91 Å². The number of methoxy groups -OCH3 is 1. The fourth-order valence-electron chi connectivity index (χ4n) is 3.54. The molecule has 1 N–H and O–H groups in total. The summed E-state index contributed by atoms with van der Waals surface area (Å²) in [6, 6.07) is 13.0. The van der Waals surface area contributed by atoms with E-state index in [-0.39, 0.29) is 5.91 Å². The minimum absolute atomic E-state index is 0.195. The number of hydrogen-bond donors (Lipinski definition) is 1. The second kappa shape index (κ2) is 11.7. The fourth-order valence-corrected chi connectivity index (χ4v) is 3.73. The molecule has 0 atom stereocenters. The molecule has 33 heavy (non-hydrogen) atoms. The smallest absolute Gasteiger partial charge is 0.255 e. The van der Waals surface area contributed by atoms with Crippen LogP contribution in [0.3, 0.4) is 0 Å². The highest BCUT2D eigenvalue weighted by Crippen LogP contribution is 2.28. The third kappa shape index (κ3) is 6.27. The predicted octanol–water partition coefficient (Wildman–Crippen LogP) is 4.49. The molecule has 0 saturated heterocycles. The van der Waals surface area contributed by atoms with Crippen LogP contribution in [0.1, 0.15) is 35.5 Å². The van der Waals surface area contributed by atoms with E-state index in [0.717, 1.165) is 36.6 Å². The van der Waals surface area contributed by atoms with Gasteiger partial charge >= 0.3 is 0 Å². The lowest BCUT2D eigenvalue weighted by Crippen LogP contribution is -2.28. The summed E-state index contributed by atoms with van der Waals surface area (Å²) in [6.07, 6.45) is 1.57. The van der Waals surface area contributed by atoms with Gasteiger partial charge in [-0.25, -0.2) is 4.68 Å². The zero-order valence-corrected chi connectivity index (χ0v) is 20.4. The molecule has 2 aromatic carbocycles. The maximum atomic E-state index is 12.8. The van der Waals surface area contributed by atoms with Crippen LogP contribution in [0.15, 0.2) is 48.7 Å². The molecular weight excluding hydrogens is 440 g/mol. The standard InChI is InChI=1S/C25H31ClN4O3/c1-5-29(6-2)12-13-33-23-11-10-19(14-24(23)32-4)16-27-25(31)22-17-28-30(18(22)3)21-9-7-8-20(26)15-21/h7-11,14-15,17H,5-6,12-13,16H2,1-4H3,(H,27,31). The van der Waals surface area contributed by atoms with Crippen LogP contribution in [0.4, 0.5) is 0 Å². The lowest BCUT2D eigenvalue weighted by molar-refractivity contribution is 0.0950. The zero-order valence-electron chi connectivity index (χ0n) is 19.6. The first-order valence-corrected chi connectivity index (χ1v) is 11.4. The van der Waals surface area contributed by atoms with Crippen molar-refractivity contribution in [3.05, 3.63) is 70.5 Å². The lowest BCUT2D eigenvalue weighted by Gasteiger charge is -2.19. The predicted molar refractivity (Wildman–Crippen MR) is 131 cm³/mol. The van der Waals surface area contributed by atoms with Crippen LogP contribution < -0.4 is 14.8 Å². The van der Waals surface area contributed by atoms with Gasteiger partial charge < -0.3 is 19.7 Å². The molecule has 0 radical (unpaired) electrons. The number of aromatic nitrogens is 2. The second-order valence-corrected chi connectivity index (χ2v) is 8.01. The van der Waals surface area contributed by atoms with Gasteiger partial charge in [0.2, 0.25) is 0 Å². The molecule has 1 aromatic heterocycles. The van der Waals surface area contributed by atoms with E-state index in [1.165, 1.54) is 0 Å². The molecule has 0 aliphatic heterocycles. The third-order valence-electron chi connectivity index (χ3n) is 5.55. The van der Waals surface area contributed by atoms with Gasteiger partial charge in [0.05, 0.1) is 30.3 Å². The van der Waals surface area contributed by atoms with Gasteiger partial charge in [-0.2, -0.15) is 5.10 Å². The van der Waals surface area contributed by atoms with Crippen LogP contribution >= 0.6 is 11.6 Å².